The molecule has 1 unspecified atom stereocenters. The summed E-state index contributed by atoms with van der Waals surface area (Å²) in [6, 6.07) is 4.81. The number of benzene rings is 1. The number of anilines is 1. The van der Waals surface area contributed by atoms with Gasteiger partial charge >= 0.3 is 0 Å². The Labute approximate surface area is 155 Å². The molecule has 4 N–H and O–H groups in total. The zero-order valence-corrected chi connectivity index (χ0v) is 16.2. The van der Waals surface area contributed by atoms with E-state index in [1.807, 2.05) is 20.8 Å². The second kappa shape index (κ2) is 9.87. The van der Waals surface area contributed by atoms with Gasteiger partial charge in [-0.15, -0.1) is 12.4 Å². The molecule has 1 aromatic carbocycles. The maximum Gasteiger partial charge on any atom is 0.252 e. The lowest BCUT2D eigenvalue weighted by molar-refractivity contribution is -0.120. The number of halogens is 2. The summed E-state index contributed by atoms with van der Waals surface area (Å²) in [6.45, 7) is 8.28. The standard InChI is InChI=1S/C17H26ClN3O2.ClH/c1-5-8-17(4,19)16(23)21-12-6-7-13(14(18)9-12)15(22)20-10-11(2)3;/h6-7,9,11H,5,8,10,19H2,1-4H3,(H,20,22)(H,21,23);1H. The van der Waals surface area contributed by atoms with Gasteiger partial charge in [-0.3, -0.25) is 9.59 Å². The van der Waals surface area contributed by atoms with Crippen molar-refractivity contribution in [2.24, 2.45) is 11.7 Å². The first-order chi connectivity index (χ1) is 10.7. The van der Waals surface area contributed by atoms with Gasteiger partial charge in [-0.2, -0.15) is 0 Å². The fourth-order valence-corrected chi connectivity index (χ4v) is 2.34. The van der Waals surface area contributed by atoms with Gasteiger partial charge in [0.25, 0.3) is 5.91 Å². The van der Waals surface area contributed by atoms with Crippen LogP contribution >= 0.6 is 24.0 Å². The summed E-state index contributed by atoms with van der Waals surface area (Å²) in [5.74, 6) is -0.138. The van der Waals surface area contributed by atoms with Crippen LogP contribution in [0.15, 0.2) is 18.2 Å². The summed E-state index contributed by atoms with van der Waals surface area (Å²) in [5, 5.41) is 5.84. The summed E-state index contributed by atoms with van der Waals surface area (Å²) in [7, 11) is 0. The maximum atomic E-state index is 12.2. The molecule has 0 aliphatic carbocycles. The number of carbonyl (C=O) groups is 2. The average Bonchev–Trinajstić information content (AvgIpc) is 2.44. The van der Waals surface area contributed by atoms with Gasteiger partial charge < -0.3 is 16.4 Å². The van der Waals surface area contributed by atoms with Crippen molar-refractivity contribution in [2.75, 3.05) is 11.9 Å². The fourth-order valence-electron chi connectivity index (χ4n) is 2.08. The van der Waals surface area contributed by atoms with E-state index < -0.39 is 5.54 Å². The quantitative estimate of drug-likeness (QED) is 0.680. The average molecular weight is 376 g/mol. The predicted molar refractivity (Wildman–Crippen MR) is 102 cm³/mol. The Hall–Kier alpha value is -1.30. The van der Waals surface area contributed by atoms with Crippen molar-refractivity contribution in [3.8, 4) is 0 Å². The maximum absolute atomic E-state index is 12.2. The van der Waals surface area contributed by atoms with Crippen LogP contribution in [-0.2, 0) is 4.79 Å². The first-order valence-corrected chi connectivity index (χ1v) is 8.23. The number of nitrogens with one attached hydrogen (secondary N) is 2. The van der Waals surface area contributed by atoms with E-state index in [0.717, 1.165) is 6.42 Å². The number of hydrogen-bond acceptors (Lipinski definition) is 3. The van der Waals surface area contributed by atoms with Crippen molar-refractivity contribution < 1.29 is 9.59 Å². The Balaban J connectivity index is 0.00000529. The Bertz CT molecular complexity index is 575. The van der Waals surface area contributed by atoms with Gasteiger partial charge in [-0.25, -0.2) is 0 Å². The second-order valence-corrected chi connectivity index (χ2v) is 6.83. The van der Waals surface area contributed by atoms with Crippen molar-refractivity contribution >= 4 is 41.5 Å². The predicted octanol–water partition coefficient (Wildman–Crippen LogP) is 3.60. The number of nitrogens with two attached hydrogens (primary N) is 1. The van der Waals surface area contributed by atoms with E-state index in [2.05, 4.69) is 10.6 Å². The van der Waals surface area contributed by atoms with Crippen LogP contribution in [0.2, 0.25) is 5.02 Å². The van der Waals surface area contributed by atoms with Gasteiger partial charge in [-0.05, 0) is 37.5 Å². The van der Waals surface area contributed by atoms with E-state index >= 15 is 0 Å². The topological polar surface area (TPSA) is 84.2 Å². The highest BCUT2D eigenvalue weighted by atomic mass is 35.5. The van der Waals surface area contributed by atoms with Gasteiger partial charge in [0.1, 0.15) is 0 Å². The summed E-state index contributed by atoms with van der Waals surface area (Å²) >= 11 is 6.16. The number of hydrogen-bond donors (Lipinski definition) is 3. The Morgan fingerprint density at radius 2 is 1.96 bits per heavy atom. The van der Waals surface area contributed by atoms with E-state index in [1.165, 1.54) is 0 Å². The molecule has 0 saturated carbocycles. The molecule has 0 spiro atoms. The highest BCUT2D eigenvalue weighted by molar-refractivity contribution is 6.34. The summed E-state index contributed by atoms with van der Waals surface area (Å²) in [4.78, 5) is 24.2. The minimum atomic E-state index is -0.936. The molecule has 2 amide bonds. The molecule has 0 saturated heterocycles. The van der Waals surface area contributed by atoms with Crippen LogP contribution in [-0.4, -0.2) is 23.9 Å². The van der Waals surface area contributed by atoms with Crippen molar-refractivity contribution in [2.45, 2.75) is 46.1 Å². The molecule has 1 atom stereocenters. The minimum Gasteiger partial charge on any atom is -0.352 e. The van der Waals surface area contributed by atoms with E-state index in [-0.39, 0.29) is 24.2 Å². The molecule has 1 aromatic rings. The van der Waals surface area contributed by atoms with Crippen LogP contribution in [0.4, 0.5) is 5.69 Å². The lowest BCUT2D eigenvalue weighted by atomic mass is 9.96. The van der Waals surface area contributed by atoms with Crippen molar-refractivity contribution in [3.63, 3.8) is 0 Å². The van der Waals surface area contributed by atoms with Crippen LogP contribution in [0, 0.1) is 5.92 Å². The van der Waals surface area contributed by atoms with Crippen LogP contribution in [0.25, 0.3) is 0 Å². The van der Waals surface area contributed by atoms with E-state index in [4.69, 9.17) is 17.3 Å². The molecule has 0 bridgehead atoms. The van der Waals surface area contributed by atoms with Crippen molar-refractivity contribution in [1.82, 2.24) is 5.32 Å². The van der Waals surface area contributed by atoms with E-state index in [9.17, 15) is 9.59 Å². The number of carbonyl (C=O) groups excluding carboxylic acids is 2. The van der Waals surface area contributed by atoms with E-state index in [1.54, 1.807) is 25.1 Å². The zero-order valence-electron chi connectivity index (χ0n) is 14.6. The van der Waals surface area contributed by atoms with Crippen LogP contribution in [0.1, 0.15) is 50.9 Å². The third kappa shape index (κ3) is 6.67. The van der Waals surface area contributed by atoms with Crippen LogP contribution in [0.3, 0.4) is 0 Å². The Morgan fingerprint density at radius 3 is 2.46 bits per heavy atom. The number of amides is 2. The van der Waals surface area contributed by atoms with Gasteiger partial charge in [0, 0.05) is 12.2 Å². The summed E-state index contributed by atoms with van der Waals surface area (Å²) < 4.78 is 0. The summed E-state index contributed by atoms with van der Waals surface area (Å²) in [5.41, 5.74) is 5.96. The lowest BCUT2D eigenvalue weighted by Gasteiger charge is -2.23. The molecular weight excluding hydrogens is 349 g/mol. The minimum absolute atomic E-state index is 0. The molecule has 0 aromatic heterocycles. The third-order valence-corrected chi connectivity index (χ3v) is 3.74. The largest absolute Gasteiger partial charge is 0.352 e. The van der Waals surface area contributed by atoms with Crippen LogP contribution in [0.5, 0.6) is 0 Å². The monoisotopic (exact) mass is 375 g/mol. The van der Waals surface area contributed by atoms with Crippen LogP contribution < -0.4 is 16.4 Å². The van der Waals surface area contributed by atoms with E-state index in [0.29, 0.717) is 35.2 Å². The molecule has 0 aliphatic rings. The normalized spacial score (nSPS) is 13.0. The van der Waals surface area contributed by atoms with Crippen molar-refractivity contribution in [3.05, 3.63) is 28.8 Å². The first kappa shape index (κ1) is 22.7. The summed E-state index contributed by atoms with van der Waals surface area (Å²) in [6.07, 6.45) is 1.40. The molecule has 5 nitrogen and oxygen atoms in total. The fraction of sp³-hybridized carbons (Fsp3) is 0.529. The van der Waals surface area contributed by atoms with Gasteiger partial charge in [0.15, 0.2) is 0 Å². The highest BCUT2D eigenvalue weighted by Gasteiger charge is 2.27. The highest BCUT2D eigenvalue weighted by Crippen LogP contribution is 2.22. The first-order valence-electron chi connectivity index (χ1n) is 7.85. The zero-order chi connectivity index (χ0) is 17.6. The lowest BCUT2D eigenvalue weighted by Crippen LogP contribution is -2.48. The molecule has 1 rings (SSSR count). The SMILES string of the molecule is CCCC(C)(N)C(=O)Nc1ccc(C(=O)NCC(C)C)c(Cl)c1.Cl. The third-order valence-electron chi connectivity index (χ3n) is 3.43. The molecule has 0 heterocycles. The van der Waals surface area contributed by atoms with Gasteiger partial charge in [0.05, 0.1) is 16.1 Å². The Morgan fingerprint density at radius 1 is 1.33 bits per heavy atom. The molecule has 136 valence electrons. The molecule has 0 aliphatic heterocycles. The number of rotatable bonds is 7. The van der Waals surface area contributed by atoms with Gasteiger partial charge in [-0.1, -0.05) is 38.8 Å². The molecular formula is C17H27Cl2N3O2. The molecule has 0 fully saturated rings. The molecule has 7 heteroatoms. The van der Waals surface area contributed by atoms with Crippen molar-refractivity contribution in [1.29, 1.82) is 0 Å². The van der Waals surface area contributed by atoms with Gasteiger partial charge in [0.2, 0.25) is 5.91 Å². The molecule has 24 heavy (non-hydrogen) atoms. The second-order valence-electron chi connectivity index (χ2n) is 6.42. The smallest absolute Gasteiger partial charge is 0.252 e. The molecule has 0 radical (unpaired) electrons. The Kier molecular flexibility index (Phi) is 9.33.